The summed E-state index contributed by atoms with van der Waals surface area (Å²) in [7, 11) is 2.19. The SMILES string of the molecule is CN1CC[C@@H](Oc2ccc(OCc3ccccc3)cc2)[C@H](c2ccccc2)C1. The first-order valence-electron chi connectivity index (χ1n) is 9.95. The summed E-state index contributed by atoms with van der Waals surface area (Å²) < 4.78 is 12.3. The van der Waals surface area contributed by atoms with Crippen LogP contribution in [0.15, 0.2) is 84.9 Å². The number of hydrogen-bond donors (Lipinski definition) is 0. The molecule has 0 radical (unpaired) electrons. The Balaban J connectivity index is 1.40. The van der Waals surface area contributed by atoms with Gasteiger partial charge in [0.15, 0.2) is 0 Å². The molecule has 3 nitrogen and oxygen atoms in total. The van der Waals surface area contributed by atoms with E-state index in [1.54, 1.807) is 0 Å². The van der Waals surface area contributed by atoms with Crippen molar-refractivity contribution in [2.75, 3.05) is 20.1 Å². The van der Waals surface area contributed by atoms with Gasteiger partial charge in [-0.2, -0.15) is 0 Å². The second-order valence-electron chi connectivity index (χ2n) is 7.47. The van der Waals surface area contributed by atoms with Crippen LogP contribution < -0.4 is 9.47 Å². The topological polar surface area (TPSA) is 21.7 Å². The van der Waals surface area contributed by atoms with Gasteiger partial charge >= 0.3 is 0 Å². The van der Waals surface area contributed by atoms with Gasteiger partial charge in [0.1, 0.15) is 24.2 Å². The molecule has 2 atom stereocenters. The number of likely N-dealkylation sites (tertiary alicyclic amines) is 1. The molecule has 1 heterocycles. The quantitative estimate of drug-likeness (QED) is 0.598. The Hall–Kier alpha value is -2.78. The van der Waals surface area contributed by atoms with E-state index < -0.39 is 0 Å². The highest BCUT2D eigenvalue weighted by Gasteiger charge is 2.30. The fourth-order valence-corrected chi connectivity index (χ4v) is 3.78. The first kappa shape index (κ1) is 18.6. The van der Waals surface area contributed by atoms with Gasteiger partial charge in [-0.3, -0.25) is 0 Å². The summed E-state index contributed by atoms with van der Waals surface area (Å²) in [5.74, 6) is 2.15. The van der Waals surface area contributed by atoms with Gasteiger partial charge in [0, 0.05) is 19.0 Å². The van der Waals surface area contributed by atoms with E-state index in [1.807, 2.05) is 42.5 Å². The fraction of sp³-hybridized carbons (Fsp3) is 0.280. The van der Waals surface area contributed by atoms with Crippen LogP contribution in [0.3, 0.4) is 0 Å². The van der Waals surface area contributed by atoms with Gasteiger partial charge in [-0.25, -0.2) is 0 Å². The van der Waals surface area contributed by atoms with Crippen LogP contribution in [-0.4, -0.2) is 31.1 Å². The molecule has 3 aromatic carbocycles. The number of rotatable bonds is 6. The van der Waals surface area contributed by atoms with Crippen LogP contribution in [0.2, 0.25) is 0 Å². The van der Waals surface area contributed by atoms with Crippen LogP contribution >= 0.6 is 0 Å². The molecule has 0 aliphatic carbocycles. The smallest absolute Gasteiger partial charge is 0.120 e. The van der Waals surface area contributed by atoms with E-state index in [0.29, 0.717) is 12.5 Å². The number of ether oxygens (including phenoxy) is 2. The molecule has 3 heteroatoms. The van der Waals surface area contributed by atoms with Gasteiger partial charge in [-0.05, 0) is 48.9 Å². The Morgan fingerprint density at radius 3 is 2.18 bits per heavy atom. The van der Waals surface area contributed by atoms with Crippen LogP contribution in [-0.2, 0) is 6.61 Å². The van der Waals surface area contributed by atoms with Crippen molar-refractivity contribution in [1.82, 2.24) is 4.90 Å². The number of piperidine rings is 1. The van der Waals surface area contributed by atoms with Gasteiger partial charge in [0.2, 0.25) is 0 Å². The molecule has 1 aliphatic rings. The highest BCUT2D eigenvalue weighted by molar-refractivity contribution is 5.32. The zero-order valence-corrected chi connectivity index (χ0v) is 16.3. The monoisotopic (exact) mass is 373 g/mol. The average Bonchev–Trinajstić information content (AvgIpc) is 2.76. The van der Waals surface area contributed by atoms with Crippen molar-refractivity contribution >= 4 is 0 Å². The maximum absolute atomic E-state index is 6.41. The van der Waals surface area contributed by atoms with Gasteiger partial charge in [0.25, 0.3) is 0 Å². The largest absolute Gasteiger partial charge is 0.490 e. The lowest BCUT2D eigenvalue weighted by Gasteiger charge is -2.37. The Morgan fingerprint density at radius 1 is 0.821 bits per heavy atom. The summed E-state index contributed by atoms with van der Waals surface area (Å²) in [6.45, 7) is 2.66. The van der Waals surface area contributed by atoms with E-state index in [-0.39, 0.29) is 6.10 Å². The number of hydrogen-bond acceptors (Lipinski definition) is 3. The molecule has 0 saturated carbocycles. The van der Waals surface area contributed by atoms with Crippen LogP contribution in [0.25, 0.3) is 0 Å². The molecular weight excluding hydrogens is 346 g/mol. The third-order valence-electron chi connectivity index (χ3n) is 5.34. The maximum Gasteiger partial charge on any atom is 0.120 e. The molecule has 0 bridgehead atoms. The zero-order chi connectivity index (χ0) is 19.2. The molecule has 4 rings (SSSR count). The minimum Gasteiger partial charge on any atom is -0.490 e. The molecule has 0 aromatic heterocycles. The van der Waals surface area contributed by atoms with Gasteiger partial charge in [0.05, 0.1) is 0 Å². The second kappa shape index (κ2) is 8.94. The van der Waals surface area contributed by atoms with Crippen molar-refractivity contribution < 1.29 is 9.47 Å². The molecule has 3 aromatic rings. The first-order chi connectivity index (χ1) is 13.8. The molecular formula is C25H27NO2. The van der Waals surface area contributed by atoms with Crippen LogP contribution in [0.5, 0.6) is 11.5 Å². The normalized spacial score (nSPS) is 19.9. The predicted octanol–water partition coefficient (Wildman–Crippen LogP) is 5.13. The van der Waals surface area contributed by atoms with E-state index in [9.17, 15) is 0 Å². The summed E-state index contributed by atoms with van der Waals surface area (Å²) in [6, 6.07) is 28.9. The zero-order valence-electron chi connectivity index (χ0n) is 16.3. The lowest BCUT2D eigenvalue weighted by Crippen LogP contribution is -2.42. The minimum atomic E-state index is 0.190. The molecule has 0 amide bonds. The lowest BCUT2D eigenvalue weighted by atomic mass is 9.88. The summed E-state index contributed by atoms with van der Waals surface area (Å²) in [6.07, 6.45) is 1.22. The molecule has 0 unspecified atom stereocenters. The molecule has 144 valence electrons. The number of likely N-dealkylation sites (N-methyl/N-ethyl adjacent to an activating group) is 1. The van der Waals surface area contributed by atoms with Crippen LogP contribution in [0, 0.1) is 0 Å². The molecule has 0 N–H and O–H groups in total. The Labute approximate surface area is 167 Å². The minimum absolute atomic E-state index is 0.190. The van der Waals surface area contributed by atoms with Crippen molar-refractivity contribution in [3.05, 3.63) is 96.1 Å². The molecule has 1 saturated heterocycles. The van der Waals surface area contributed by atoms with E-state index >= 15 is 0 Å². The Morgan fingerprint density at radius 2 is 1.46 bits per heavy atom. The summed E-state index contributed by atoms with van der Waals surface area (Å²) >= 11 is 0. The standard InChI is InChI=1S/C25H27NO2/c1-26-17-16-25(24(18-26)21-10-6-3-7-11-21)28-23-14-12-22(13-15-23)27-19-20-8-4-2-5-9-20/h2-15,24-25H,16-19H2,1H3/t24-,25+/m0/s1. The maximum atomic E-state index is 6.41. The summed E-state index contributed by atoms with van der Waals surface area (Å²) in [4.78, 5) is 2.39. The first-order valence-corrected chi connectivity index (χ1v) is 9.95. The molecule has 1 fully saturated rings. The van der Waals surface area contributed by atoms with Crippen molar-refractivity contribution in [3.8, 4) is 11.5 Å². The second-order valence-corrected chi connectivity index (χ2v) is 7.47. The van der Waals surface area contributed by atoms with Crippen molar-refractivity contribution in [2.24, 2.45) is 0 Å². The van der Waals surface area contributed by atoms with Gasteiger partial charge < -0.3 is 14.4 Å². The number of nitrogens with zero attached hydrogens (tertiary/aromatic N) is 1. The van der Waals surface area contributed by atoms with Crippen LogP contribution in [0.4, 0.5) is 0 Å². The third-order valence-corrected chi connectivity index (χ3v) is 5.34. The van der Waals surface area contributed by atoms with Gasteiger partial charge in [-0.1, -0.05) is 60.7 Å². The van der Waals surface area contributed by atoms with Crippen molar-refractivity contribution in [1.29, 1.82) is 0 Å². The summed E-state index contributed by atoms with van der Waals surface area (Å²) in [5.41, 5.74) is 2.52. The molecule has 1 aliphatic heterocycles. The summed E-state index contributed by atoms with van der Waals surface area (Å²) in [5, 5.41) is 0. The van der Waals surface area contributed by atoms with Gasteiger partial charge in [-0.15, -0.1) is 0 Å². The van der Waals surface area contributed by atoms with E-state index in [4.69, 9.17) is 9.47 Å². The fourth-order valence-electron chi connectivity index (χ4n) is 3.78. The predicted molar refractivity (Wildman–Crippen MR) is 113 cm³/mol. The highest BCUT2D eigenvalue weighted by atomic mass is 16.5. The molecule has 0 spiro atoms. The van der Waals surface area contributed by atoms with E-state index in [0.717, 1.165) is 31.0 Å². The Bertz CT molecular complexity index is 849. The Kier molecular flexibility index (Phi) is 5.93. The average molecular weight is 373 g/mol. The molecule has 28 heavy (non-hydrogen) atoms. The van der Waals surface area contributed by atoms with Crippen LogP contribution in [0.1, 0.15) is 23.5 Å². The van der Waals surface area contributed by atoms with Crippen molar-refractivity contribution in [2.45, 2.75) is 25.0 Å². The number of benzene rings is 3. The van der Waals surface area contributed by atoms with Crippen molar-refractivity contribution in [3.63, 3.8) is 0 Å². The third kappa shape index (κ3) is 4.73. The van der Waals surface area contributed by atoms with E-state index in [1.165, 1.54) is 11.1 Å². The van der Waals surface area contributed by atoms with E-state index in [2.05, 4.69) is 54.4 Å². The highest BCUT2D eigenvalue weighted by Crippen LogP contribution is 2.31. The lowest BCUT2D eigenvalue weighted by molar-refractivity contribution is 0.0901.